The van der Waals surface area contributed by atoms with Gasteiger partial charge in [-0.25, -0.2) is 4.79 Å². The molecule has 1 rings (SSSR count). The van der Waals surface area contributed by atoms with Crippen molar-refractivity contribution in [2.24, 2.45) is 0 Å². The molecule has 7 heteroatoms. The largest absolute Gasteiger partial charge is 0.478 e. The Kier molecular flexibility index (Phi) is 5.43. The Bertz CT molecular complexity index is 609. The number of carboxylic acid groups (broad SMARTS) is 1. The van der Waals surface area contributed by atoms with Crippen LogP contribution in [0.2, 0.25) is 0 Å². The van der Waals surface area contributed by atoms with Gasteiger partial charge in [0, 0.05) is 26.2 Å². The summed E-state index contributed by atoms with van der Waals surface area (Å²) in [6.45, 7) is 1.72. The van der Waals surface area contributed by atoms with Gasteiger partial charge < -0.3 is 5.11 Å². The Morgan fingerprint density at radius 1 is 1.40 bits per heavy atom. The molecule has 0 heterocycles. The van der Waals surface area contributed by atoms with E-state index in [2.05, 4.69) is 4.72 Å². The number of hydrogen-bond acceptors (Lipinski definition) is 3. The summed E-state index contributed by atoms with van der Waals surface area (Å²) in [5.74, 6) is -1.03. The summed E-state index contributed by atoms with van der Waals surface area (Å²) in [6.07, 6.45) is 2.49. The summed E-state index contributed by atoms with van der Waals surface area (Å²) < 4.78 is 27.1. The van der Waals surface area contributed by atoms with Crippen LogP contribution in [0.4, 0.5) is 0 Å². The number of hydrogen-bond donors (Lipinski definition) is 2. The first kappa shape index (κ1) is 16.4. The molecule has 110 valence electrons. The van der Waals surface area contributed by atoms with Crippen molar-refractivity contribution in [3.05, 3.63) is 41.5 Å². The van der Waals surface area contributed by atoms with Crippen molar-refractivity contribution in [3.63, 3.8) is 0 Å². The van der Waals surface area contributed by atoms with E-state index in [1.165, 1.54) is 20.2 Å². The van der Waals surface area contributed by atoms with E-state index >= 15 is 0 Å². The van der Waals surface area contributed by atoms with E-state index < -0.39 is 22.2 Å². The van der Waals surface area contributed by atoms with E-state index in [9.17, 15) is 13.2 Å². The van der Waals surface area contributed by atoms with Gasteiger partial charge in [-0.3, -0.25) is 0 Å². The lowest BCUT2D eigenvalue weighted by molar-refractivity contribution is -0.131. The second-order valence-corrected chi connectivity index (χ2v) is 6.38. The molecule has 0 aliphatic carbocycles. The first-order valence-corrected chi connectivity index (χ1v) is 7.37. The van der Waals surface area contributed by atoms with Crippen molar-refractivity contribution in [1.82, 2.24) is 9.03 Å². The van der Waals surface area contributed by atoms with Gasteiger partial charge in [0.15, 0.2) is 0 Å². The van der Waals surface area contributed by atoms with E-state index in [0.29, 0.717) is 5.56 Å². The Morgan fingerprint density at radius 2 is 2.05 bits per heavy atom. The second-order valence-electron chi connectivity index (χ2n) is 4.47. The molecule has 0 aliphatic heterocycles. The SMILES string of the molecule is CC(NS(=O)(=O)N(C)C)c1cccc(C=CC(=O)O)c1. The smallest absolute Gasteiger partial charge is 0.328 e. The minimum Gasteiger partial charge on any atom is -0.478 e. The van der Waals surface area contributed by atoms with Crippen LogP contribution in [0, 0.1) is 0 Å². The van der Waals surface area contributed by atoms with Crippen LogP contribution in [0.1, 0.15) is 24.1 Å². The molecule has 6 nitrogen and oxygen atoms in total. The van der Waals surface area contributed by atoms with Crippen LogP contribution in [0.25, 0.3) is 6.08 Å². The van der Waals surface area contributed by atoms with E-state index in [1.807, 2.05) is 0 Å². The fourth-order valence-corrected chi connectivity index (χ4v) is 2.29. The number of aliphatic carboxylic acids is 1. The molecule has 0 bridgehead atoms. The van der Waals surface area contributed by atoms with Crippen molar-refractivity contribution >= 4 is 22.3 Å². The highest BCUT2D eigenvalue weighted by Gasteiger charge is 2.17. The molecule has 2 N–H and O–H groups in total. The summed E-state index contributed by atoms with van der Waals surface area (Å²) in [5.41, 5.74) is 1.45. The summed E-state index contributed by atoms with van der Waals surface area (Å²) in [5, 5.41) is 8.58. The van der Waals surface area contributed by atoms with Crippen molar-refractivity contribution in [2.45, 2.75) is 13.0 Å². The minimum atomic E-state index is -3.51. The second kappa shape index (κ2) is 6.65. The van der Waals surface area contributed by atoms with Crippen molar-refractivity contribution in [1.29, 1.82) is 0 Å². The van der Waals surface area contributed by atoms with Crippen LogP contribution in [-0.4, -0.2) is 37.9 Å². The Morgan fingerprint density at radius 3 is 2.60 bits per heavy atom. The molecule has 0 radical (unpaired) electrons. The standard InChI is InChI=1S/C13H18N2O4S/c1-10(14-20(18,19)15(2)3)12-6-4-5-11(9-12)7-8-13(16)17/h4-10,14H,1-3H3,(H,16,17). The van der Waals surface area contributed by atoms with Gasteiger partial charge in [0.05, 0.1) is 0 Å². The molecule has 0 aromatic heterocycles. The highest BCUT2D eigenvalue weighted by atomic mass is 32.2. The highest BCUT2D eigenvalue weighted by molar-refractivity contribution is 7.87. The molecule has 0 saturated carbocycles. The monoisotopic (exact) mass is 298 g/mol. The van der Waals surface area contributed by atoms with Crippen LogP contribution in [0.5, 0.6) is 0 Å². The molecule has 20 heavy (non-hydrogen) atoms. The van der Waals surface area contributed by atoms with Crippen LogP contribution >= 0.6 is 0 Å². The van der Waals surface area contributed by atoms with Gasteiger partial charge in [0.2, 0.25) is 0 Å². The zero-order valence-corrected chi connectivity index (χ0v) is 12.4. The molecule has 1 aromatic rings. The van der Waals surface area contributed by atoms with Gasteiger partial charge in [-0.15, -0.1) is 0 Å². The van der Waals surface area contributed by atoms with Gasteiger partial charge in [0.25, 0.3) is 10.2 Å². The summed E-state index contributed by atoms with van der Waals surface area (Å²) in [6, 6.07) is 6.59. The van der Waals surface area contributed by atoms with Crippen LogP contribution in [0.3, 0.4) is 0 Å². The summed E-state index contributed by atoms with van der Waals surface area (Å²) >= 11 is 0. The third kappa shape index (κ3) is 4.76. The maximum Gasteiger partial charge on any atom is 0.328 e. The van der Waals surface area contributed by atoms with Gasteiger partial charge in [-0.05, 0) is 24.1 Å². The summed E-state index contributed by atoms with van der Waals surface area (Å²) in [4.78, 5) is 10.5. The first-order valence-electron chi connectivity index (χ1n) is 5.93. The van der Waals surface area contributed by atoms with Gasteiger partial charge >= 0.3 is 5.97 Å². The average Bonchev–Trinajstić information content (AvgIpc) is 2.36. The molecule has 0 spiro atoms. The predicted molar refractivity (Wildman–Crippen MR) is 77.3 cm³/mol. The number of carboxylic acids is 1. The van der Waals surface area contributed by atoms with Gasteiger partial charge in [0.1, 0.15) is 0 Å². The molecule has 1 atom stereocenters. The van der Waals surface area contributed by atoms with E-state index in [1.54, 1.807) is 31.2 Å². The lowest BCUT2D eigenvalue weighted by Crippen LogP contribution is -2.37. The topological polar surface area (TPSA) is 86.7 Å². The quantitative estimate of drug-likeness (QED) is 0.774. The molecular weight excluding hydrogens is 280 g/mol. The van der Waals surface area contributed by atoms with Crippen molar-refractivity contribution in [3.8, 4) is 0 Å². The van der Waals surface area contributed by atoms with Gasteiger partial charge in [-0.1, -0.05) is 24.3 Å². The fraction of sp³-hybridized carbons (Fsp3) is 0.308. The molecule has 0 fully saturated rings. The number of rotatable bonds is 6. The number of carbonyl (C=O) groups is 1. The van der Waals surface area contributed by atoms with E-state index in [4.69, 9.17) is 5.11 Å². The van der Waals surface area contributed by atoms with Crippen LogP contribution in [0.15, 0.2) is 30.3 Å². The number of nitrogens with zero attached hydrogens (tertiary/aromatic N) is 1. The van der Waals surface area contributed by atoms with Gasteiger partial charge in [-0.2, -0.15) is 17.4 Å². The van der Waals surface area contributed by atoms with Crippen LogP contribution < -0.4 is 4.72 Å². The van der Waals surface area contributed by atoms with E-state index in [-0.39, 0.29) is 0 Å². The fourth-order valence-electron chi connectivity index (χ4n) is 1.50. The third-order valence-corrected chi connectivity index (χ3v) is 4.25. The molecule has 0 saturated heterocycles. The molecule has 0 amide bonds. The molecule has 0 aliphatic rings. The zero-order valence-electron chi connectivity index (χ0n) is 11.6. The maximum atomic E-state index is 11.7. The Balaban J connectivity index is 2.92. The Hall–Kier alpha value is -1.70. The molecular formula is C13H18N2O4S. The third-order valence-electron chi connectivity index (χ3n) is 2.64. The zero-order chi connectivity index (χ0) is 15.3. The number of nitrogens with one attached hydrogen (secondary N) is 1. The number of benzene rings is 1. The highest BCUT2D eigenvalue weighted by Crippen LogP contribution is 2.16. The summed E-state index contributed by atoms with van der Waals surface area (Å²) in [7, 11) is -0.622. The first-order chi connectivity index (χ1) is 9.22. The van der Waals surface area contributed by atoms with Crippen molar-refractivity contribution < 1.29 is 18.3 Å². The van der Waals surface area contributed by atoms with Crippen molar-refractivity contribution in [2.75, 3.05) is 14.1 Å². The molecule has 1 aromatic carbocycles. The predicted octanol–water partition coefficient (Wildman–Crippen LogP) is 1.24. The van der Waals surface area contributed by atoms with E-state index in [0.717, 1.165) is 15.9 Å². The molecule has 1 unspecified atom stereocenters. The minimum absolute atomic E-state index is 0.416. The maximum absolute atomic E-state index is 11.7. The Labute approximate surface area is 118 Å². The average molecular weight is 298 g/mol. The lowest BCUT2D eigenvalue weighted by atomic mass is 10.1. The lowest BCUT2D eigenvalue weighted by Gasteiger charge is -2.18. The van der Waals surface area contributed by atoms with Crippen LogP contribution in [-0.2, 0) is 15.0 Å². The normalized spacial score (nSPS) is 13.8.